The van der Waals surface area contributed by atoms with Crippen LogP contribution in [0, 0.1) is 10.1 Å². The lowest BCUT2D eigenvalue weighted by atomic mass is 10.2. The number of nitro benzene ring substituents is 1. The number of benzene rings is 1. The van der Waals surface area contributed by atoms with Crippen molar-refractivity contribution < 1.29 is 9.66 Å². The largest absolute Gasteiger partial charge is 0.490 e. The maximum Gasteiger partial charge on any atom is 0.337 e. The van der Waals surface area contributed by atoms with E-state index < -0.39 is 4.92 Å². The Morgan fingerprint density at radius 2 is 2.33 bits per heavy atom. The van der Waals surface area contributed by atoms with Crippen molar-refractivity contribution in [1.82, 2.24) is 4.98 Å². The first-order valence-corrected chi connectivity index (χ1v) is 5.52. The number of aromatic nitrogens is 1. The van der Waals surface area contributed by atoms with Gasteiger partial charge in [-0.25, -0.2) is 4.98 Å². The van der Waals surface area contributed by atoms with Crippen molar-refractivity contribution in [3.8, 4) is 5.75 Å². The molecule has 0 aliphatic rings. The molecule has 0 bridgehead atoms. The van der Waals surface area contributed by atoms with Gasteiger partial charge in [-0.1, -0.05) is 0 Å². The summed E-state index contributed by atoms with van der Waals surface area (Å²) in [4.78, 5) is 14.5. The van der Waals surface area contributed by atoms with E-state index in [1.807, 2.05) is 0 Å². The number of nitrogens with zero attached hydrogens (tertiary/aromatic N) is 2. The molecule has 2 rings (SSSR count). The normalized spacial score (nSPS) is 10.5. The molecule has 0 aliphatic heterocycles. The van der Waals surface area contributed by atoms with Crippen LogP contribution >= 0.6 is 27.3 Å². The van der Waals surface area contributed by atoms with Gasteiger partial charge in [0.25, 0.3) is 0 Å². The van der Waals surface area contributed by atoms with Crippen LogP contribution in [0.2, 0.25) is 0 Å². The van der Waals surface area contributed by atoms with E-state index in [1.165, 1.54) is 18.4 Å². The fourth-order valence-electron chi connectivity index (χ4n) is 1.28. The second-order valence-corrected chi connectivity index (χ2v) is 4.99. The number of hydrogen-bond donors (Lipinski definition) is 0. The number of rotatable bonds is 2. The zero-order chi connectivity index (χ0) is 11.0. The molecule has 0 radical (unpaired) electrons. The Bertz CT molecular complexity index is 540. The van der Waals surface area contributed by atoms with Crippen LogP contribution in [0.1, 0.15) is 0 Å². The summed E-state index contributed by atoms with van der Waals surface area (Å²) in [6.45, 7) is 0. The number of hydrogen-bond acceptors (Lipinski definition) is 5. The van der Waals surface area contributed by atoms with Crippen molar-refractivity contribution in [1.29, 1.82) is 0 Å². The molecule has 0 fully saturated rings. The van der Waals surface area contributed by atoms with Crippen LogP contribution < -0.4 is 4.74 Å². The van der Waals surface area contributed by atoms with Gasteiger partial charge < -0.3 is 4.74 Å². The van der Waals surface area contributed by atoms with Gasteiger partial charge in [-0.15, -0.1) is 11.3 Å². The van der Waals surface area contributed by atoms with E-state index in [0.29, 0.717) is 9.43 Å². The van der Waals surface area contributed by atoms with Gasteiger partial charge in [0.05, 0.1) is 16.7 Å². The van der Waals surface area contributed by atoms with Gasteiger partial charge >= 0.3 is 5.69 Å². The monoisotopic (exact) mass is 288 g/mol. The molecule has 0 spiro atoms. The number of thiazole rings is 1. The van der Waals surface area contributed by atoms with Crippen LogP contribution in [0.15, 0.2) is 16.0 Å². The van der Waals surface area contributed by atoms with E-state index in [-0.39, 0.29) is 11.4 Å². The topological polar surface area (TPSA) is 65.3 Å². The predicted octanol–water partition coefficient (Wildman–Crippen LogP) is 2.98. The molecule has 1 heterocycles. The highest BCUT2D eigenvalue weighted by Crippen LogP contribution is 2.38. The average Bonchev–Trinajstić information content (AvgIpc) is 2.55. The van der Waals surface area contributed by atoms with Crippen LogP contribution in [-0.2, 0) is 0 Å². The number of fused-ring (bicyclic) bond motifs is 1. The molecule has 0 unspecified atom stereocenters. The van der Waals surface area contributed by atoms with Crippen molar-refractivity contribution in [3.63, 3.8) is 0 Å². The molecule has 5 nitrogen and oxygen atoms in total. The van der Waals surface area contributed by atoms with Crippen LogP contribution in [-0.4, -0.2) is 17.0 Å². The molecular weight excluding hydrogens is 284 g/mol. The Balaban J connectivity index is 2.83. The molecule has 0 saturated heterocycles. The summed E-state index contributed by atoms with van der Waals surface area (Å²) in [5, 5.41) is 10.9. The molecule has 7 heteroatoms. The third kappa shape index (κ3) is 1.68. The van der Waals surface area contributed by atoms with E-state index in [2.05, 4.69) is 20.9 Å². The predicted molar refractivity (Wildman–Crippen MR) is 60.5 cm³/mol. The fraction of sp³-hybridized carbons (Fsp3) is 0.125. The van der Waals surface area contributed by atoms with Gasteiger partial charge in [-0.2, -0.15) is 0 Å². The Hall–Kier alpha value is -1.21. The maximum atomic E-state index is 10.9. The molecule has 0 saturated carbocycles. The number of halogens is 1. The molecule has 0 N–H and O–H groups in total. The van der Waals surface area contributed by atoms with Crippen molar-refractivity contribution in [2.75, 3.05) is 7.11 Å². The minimum Gasteiger partial charge on any atom is -0.490 e. The number of nitro groups is 1. The summed E-state index contributed by atoms with van der Waals surface area (Å²) in [6.07, 6.45) is 0. The summed E-state index contributed by atoms with van der Waals surface area (Å²) in [5.41, 5.74) is 0.271. The van der Waals surface area contributed by atoms with Crippen LogP contribution in [0.25, 0.3) is 10.2 Å². The van der Waals surface area contributed by atoms with Gasteiger partial charge in [-0.3, -0.25) is 10.1 Å². The molecule has 78 valence electrons. The van der Waals surface area contributed by atoms with Crippen molar-refractivity contribution in [3.05, 3.63) is 26.2 Å². The van der Waals surface area contributed by atoms with Crippen LogP contribution in [0.5, 0.6) is 5.75 Å². The standard InChI is InChI=1S/C8H5BrN2O3S/c1-14-4-2-3-5-6(7(4)11(12)13)10-8(9)15-5/h2-3H,1H3. The minimum atomic E-state index is -0.479. The first-order valence-electron chi connectivity index (χ1n) is 3.91. The van der Waals surface area contributed by atoms with Crippen LogP contribution in [0.3, 0.4) is 0 Å². The Kier molecular flexibility index (Phi) is 2.57. The minimum absolute atomic E-state index is 0.0862. The highest BCUT2D eigenvalue weighted by molar-refractivity contribution is 9.11. The van der Waals surface area contributed by atoms with Crippen molar-refractivity contribution in [2.45, 2.75) is 0 Å². The number of methoxy groups -OCH3 is 1. The summed E-state index contributed by atoms with van der Waals surface area (Å²) < 4.78 is 6.31. The first-order chi connectivity index (χ1) is 7.13. The molecule has 15 heavy (non-hydrogen) atoms. The second-order valence-electron chi connectivity index (χ2n) is 2.69. The molecule has 1 aromatic heterocycles. The van der Waals surface area contributed by atoms with E-state index in [9.17, 15) is 10.1 Å². The smallest absolute Gasteiger partial charge is 0.337 e. The summed E-state index contributed by atoms with van der Waals surface area (Å²) in [7, 11) is 1.40. The third-order valence-electron chi connectivity index (χ3n) is 1.87. The molecular formula is C8H5BrN2O3S. The summed E-state index contributed by atoms with van der Waals surface area (Å²) >= 11 is 4.55. The highest BCUT2D eigenvalue weighted by atomic mass is 79.9. The zero-order valence-corrected chi connectivity index (χ0v) is 9.96. The first kappa shape index (κ1) is 10.3. The van der Waals surface area contributed by atoms with E-state index in [4.69, 9.17) is 4.74 Å². The molecule has 2 aromatic rings. The van der Waals surface area contributed by atoms with Crippen LogP contribution in [0.4, 0.5) is 5.69 Å². The van der Waals surface area contributed by atoms with Gasteiger partial charge in [-0.05, 0) is 28.1 Å². The Morgan fingerprint density at radius 1 is 1.60 bits per heavy atom. The SMILES string of the molecule is COc1ccc2sc(Br)nc2c1[N+](=O)[O-]. The van der Waals surface area contributed by atoms with Crippen molar-refractivity contribution >= 4 is 43.2 Å². The Morgan fingerprint density at radius 3 is 2.93 bits per heavy atom. The molecule has 1 aromatic carbocycles. The van der Waals surface area contributed by atoms with Gasteiger partial charge in [0.1, 0.15) is 0 Å². The zero-order valence-electron chi connectivity index (χ0n) is 7.56. The molecule has 0 amide bonds. The Labute approximate surface area is 97.0 Å². The van der Waals surface area contributed by atoms with Gasteiger partial charge in [0, 0.05) is 0 Å². The average molecular weight is 289 g/mol. The molecule has 0 aliphatic carbocycles. The van der Waals surface area contributed by atoms with E-state index >= 15 is 0 Å². The summed E-state index contributed by atoms with van der Waals surface area (Å²) in [5.74, 6) is 0.227. The second kappa shape index (κ2) is 3.74. The van der Waals surface area contributed by atoms with Gasteiger partial charge in [0.15, 0.2) is 15.2 Å². The highest BCUT2D eigenvalue weighted by Gasteiger charge is 2.22. The number of ether oxygens (including phenoxy) is 1. The fourth-order valence-corrected chi connectivity index (χ4v) is 2.67. The summed E-state index contributed by atoms with van der Waals surface area (Å²) in [6, 6.07) is 3.33. The van der Waals surface area contributed by atoms with E-state index in [0.717, 1.165) is 4.70 Å². The maximum absolute atomic E-state index is 10.9. The van der Waals surface area contributed by atoms with Gasteiger partial charge in [0.2, 0.25) is 0 Å². The third-order valence-corrected chi connectivity index (χ3v) is 3.35. The quantitative estimate of drug-likeness (QED) is 0.629. The lowest BCUT2D eigenvalue weighted by Crippen LogP contribution is -1.94. The van der Waals surface area contributed by atoms with Crippen molar-refractivity contribution in [2.24, 2.45) is 0 Å². The molecule has 0 atom stereocenters. The lowest BCUT2D eigenvalue weighted by Gasteiger charge is -2.00. The lowest BCUT2D eigenvalue weighted by molar-refractivity contribution is -0.384. The van der Waals surface area contributed by atoms with E-state index in [1.54, 1.807) is 12.1 Å².